The van der Waals surface area contributed by atoms with Crippen LogP contribution in [0.1, 0.15) is 26.2 Å². The van der Waals surface area contributed by atoms with Crippen LogP contribution in [0, 0.1) is 5.92 Å². The van der Waals surface area contributed by atoms with E-state index in [-0.39, 0.29) is 0 Å². The lowest BCUT2D eigenvalue weighted by Crippen LogP contribution is -2.11. The van der Waals surface area contributed by atoms with Gasteiger partial charge in [0.2, 0.25) is 0 Å². The van der Waals surface area contributed by atoms with Gasteiger partial charge in [0.15, 0.2) is 0 Å². The molecule has 0 radical (unpaired) electrons. The molecule has 10 heavy (non-hydrogen) atoms. The summed E-state index contributed by atoms with van der Waals surface area (Å²) in [5.74, 6) is 0.869. The minimum Gasteiger partial charge on any atom is -0.311 e. The van der Waals surface area contributed by atoms with Crippen molar-refractivity contribution >= 4 is 0 Å². The quantitative estimate of drug-likeness (QED) is 0.431. The molecule has 1 heteroatoms. The zero-order valence-electron chi connectivity index (χ0n) is 6.56. The van der Waals surface area contributed by atoms with Gasteiger partial charge in [-0.2, -0.15) is 0 Å². The van der Waals surface area contributed by atoms with Gasteiger partial charge in [-0.25, -0.2) is 0 Å². The van der Waals surface area contributed by atoms with Gasteiger partial charge in [-0.15, -0.1) is 0 Å². The highest BCUT2D eigenvalue weighted by molar-refractivity contribution is 5.10. The summed E-state index contributed by atoms with van der Waals surface area (Å²) in [6, 6.07) is 0.843. The monoisotopic (exact) mass is 137 g/mol. The molecular weight excluding hydrogens is 122 g/mol. The Morgan fingerprint density at radius 3 is 3.00 bits per heavy atom. The molecule has 0 aromatic heterocycles. The largest absolute Gasteiger partial charge is 0.311 e. The van der Waals surface area contributed by atoms with Crippen LogP contribution in [-0.4, -0.2) is 12.6 Å². The molecule has 1 fully saturated rings. The Morgan fingerprint density at radius 2 is 2.40 bits per heavy atom. The number of hydrogen-bond acceptors (Lipinski definition) is 1. The average molecular weight is 137 g/mol. The molecule has 0 amide bonds. The van der Waals surface area contributed by atoms with E-state index in [0.29, 0.717) is 0 Å². The van der Waals surface area contributed by atoms with Crippen LogP contribution in [0.15, 0.2) is 11.6 Å². The van der Waals surface area contributed by atoms with Gasteiger partial charge in [-0.1, -0.05) is 11.6 Å². The standard InChI is InChI=1S/C9H15N/c1-7-3-2-4-8(5-7)9-6-10-9/h5,8-10H,2-4,6H2,1H3. The van der Waals surface area contributed by atoms with Crippen LogP contribution in [0.25, 0.3) is 0 Å². The van der Waals surface area contributed by atoms with Crippen LogP contribution in [0.2, 0.25) is 0 Å². The molecule has 1 nitrogen and oxygen atoms in total. The predicted octanol–water partition coefficient (Wildman–Crippen LogP) is 1.70. The summed E-state index contributed by atoms with van der Waals surface area (Å²) in [6.07, 6.45) is 6.62. The summed E-state index contributed by atoms with van der Waals surface area (Å²) in [4.78, 5) is 0. The minimum atomic E-state index is 0.843. The van der Waals surface area contributed by atoms with E-state index >= 15 is 0 Å². The fourth-order valence-electron chi connectivity index (χ4n) is 1.84. The van der Waals surface area contributed by atoms with Crippen molar-refractivity contribution in [1.82, 2.24) is 5.32 Å². The maximum Gasteiger partial charge on any atom is 0.0256 e. The van der Waals surface area contributed by atoms with Crippen molar-refractivity contribution in [2.45, 2.75) is 32.2 Å². The van der Waals surface area contributed by atoms with Crippen LogP contribution < -0.4 is 5.32 Å². The lowest BCUT2D eigenvalue weighted by Gasteiger charge is -2.17. The Labute approximate surface area is 62.5 Å². The molecular formula is C9H15N. The maximum absolute atomic E-state index is 3.38. The summed E-state index contributed by atoms with van der Waals surface area (Å²) in [5.41, 5.74) is 1.60. The molecule has 2 aliphatic rings. The van der Waals surface area contributed by atoms with Gasteiger partial charge >= 0.3 is 0 Å². The molecule has 1 aliphatic carbocycles. The fraction of sp³-hybridized carbons (Fsp3) is 0.778. The van der Waals surface area contributed by atoms with E-state index in [2.05, 4.69) is 18.3 Å². The highest BCUT2D eigenvalue weighted by atomic mass is 15.1. The van der Waals surface area contributed by atoms with Crippen LogP contribution >= 0.6 is 0 Å². The molecule has 2 unspecified atom stereocenters. The smallest absolute Gasteiger partial charge is 0.0256 e. The Kier molecular flexibility index (Phi) is 1.53. The first-order valence-electron chi connectivity index (χ1n) is 4.27. The van der Waals surface area contributed by atoms with Gasteiger partial charge in [0.25, 0.3) is 0 Å². The van der Waals surface area contributed by atoms with E-state index in [1.807, 2.05) is 0 Å². The van der Waals surface area contributed by atoms with Crippen LogP contribution in [0.4, 0.5) is 0 Å². The van der Waals surface area contributed by atoms with Crippen molar-refractivity contribution in [2.24, 2.45) is 5.92 Å². The summed E-state index contributed by atoms with van der Waals surface area (Å²) in [7, 11) is 0. The van der Waals surface area contributed by atoms with Crippen molar-refractivity contribution in [1.29, 1.82) is 0 Å². The van der Waals surface area contributed by atoms with Gasteiger partial charge < -0.3 is 5.32 Å². The lowest BCUT2D eigenvalue weighted by atomic mass is 9.89. The summed E-state index contributed by atoms with van der Waals surface area (Å²) >= 11 is 0. The van der Waals surface area contributed by atoms with Crippen LogP contribution in [0.3, 0.4) is 0 Å². The molecule has 56 valence electrons. The second kappa shape index (κ2) is 2.39. The fourth-order valence-corrected chi connectivity index (χ4v) is 1.84. The van der Waals surface area contributed by atoms with Crippen molar-refractivity contribution < 1.29 is 0 Å². The third kappa shape index (κ3) is 1.24. The van der Waals surface area contributed by atoms with E-state index in [4.69, 9.17) is 0 Å². The van der Waals surface area contributed by atoms with Gasteiger partial charge in [-0.05, 0) is 32.1 Å². The highest BCUT2D eigenvalue weighted by Gasteiger charge is 2.29. The average Bonchev–Trinajstić information content (AvgIpc) is 2.68. The van der Waals surface area contributed by atoms with E-state index < -0.39 is 0 Å². The third-order valence-corrected chi connectivity index (χ3v) is 2.56. The lowest BCUT2D eigenvalue weighted by molar-refractivity contribution is 0.519. The molecule has 2 rings (SSSR count). The molecule has 1 aliphatic heterocycles. The first kappa shape index (κ1) is 6.41. The molecule has 1 heterocycles. The maximum atomic E-state index is 3.38. The summed E-state index contributed by atoms with van der Waals surface area (Å²) in [5, 5.41) is 3.38. The van der Waals surface area contributed by atoms with E-state index in [0.717, 1.165) is 12.0 Å². The number of hydrogen-bond donors (Lipinski definition) is 1. The van der Waals surface area contributed by atoms with Gasteiger partial charge in [0, 0.05) is 12.6 Å². The van der Waals surface area contributed by atoms with Crippen molar-refractivity contribution in [3.05, 3.63) is 11.6 Å². The molecule has 1 saturated heterocycles. The van der Waals surface area contributed by atoms with Gasteiger partial charge in [0.05, 0.1) is 0 Å². The minimum absolute atomic E-state index is 0.843. The second-order valence-corrected chi connectivity index (χ2v) is 3.58. The zero-order chi connectivity index (χ0) is 6.97. The first-order chi connectivity index (χ1) is 4.86. The summed E-state index contributed by atoms with van der Waals surface area (Å²) in [6.45, 7) is 3.52. The molecule has 0 bridgehead atoms. The number of nitrogens with one attached hydrogen (secondary N) is 1. The van der Waals surface area contributed by atoms with Gasteiger partial charge in [0.1, 0.15) is 0 Å². The van der Waals surface area contributed by atoms with Crippen LogP contribution in [0.5, 0.6) is 0 Å². The van der Waals surface area contributed by atoms with Crippen molar-refractivity contribution in [2.75, 3.05) is 6.54 Å². The Bertz CT molecular complexity index is 156. The Morgan fingerprint density at radius 1 is 1.60 bits per heavy atom. The van der Waals surface area contributed by atoms with Crippen molar-refractivity contribution in [3.63, 3.8) is 0 Å². The molecule has 0 aromatic rings. The van der Waals surface area contributed by atoms with Gasteiger partial charge in [-0.3, -0.25) is 0 Å². The predicted molar refractivity (Wildman–Crippen MR) is 42.9 cm³/mol. The second-order valence-electron chi connectivity index (χ2n) is 3.58. The SMILES string of the molecule is CC1=CC(C2CN2)CCC1. The van der Waals surface area contributed by atoms with E-state index in [1.54, 1.807) is 5.57 Å². The van der Waals surface area contributed by atoms with Crippen LogP contribution in [-0.2, 0) is 0 Å². The molecule has 0 saturated carbocycles. The highest BCUT2D eigenvalue weighted by Crippen LogP contribution is 2.27. The molecule has 0 aromatic carbocycles. The van der Waals surface area contributed by atoms with Crippen molar-refractivity contribution in [3.8, 4) is 0 Å². The number of rotatable bonds is 1. The normalized spacial score (nSPS) is 39.1. The first-order valence-corrected chi connectivity index (χ1v) is 4.27. The van der Waals surface area contributed by atoms with E-state index in [1.165, 1.54) is 25.8 Å². The topological polar surface area (TPSA) is 21.9 Å². The Balaban J connectivity index is 2.00. The zero-order valence-corrected chi connectivity index (χ0v) is 6.56. The Hall–Kier alpha value is -0.300. The molecule has 2 atom stereocenters. The third-order valence-electron chi connectivity index (χ3n) is 2.56. The summed E-state index contributed by atoms with van der Waals surface area (Å²) < 4.78 is 0. The molecule has 0 spiro atoms. The van der Waals surface area contributed by atoms with E-state index in [9.17, 15) is 0 Å². The number of allylic oxidation sites excluding steroid dienone is 1. The molecule has 1 N–H and O–H groups in total.